The van der Waals surface area contributed by atoms with Crippen LogP contribution in [0.1, 0.15) is 28.4 Å². The summed E-state index contributed by atoms with van der Waals surface area (Å²) in [5.74, 6) is 0. The molecule has 0 amide bonds. The van der Waals surface area contributed by atoms with Crippen molar-refractivity contribution < 1.29 is 5.11 Å². The first-order valence-electron chi connectivity index (χ1n) is 6.16. The van der Waals surface area contributed by atoms with Crippen molar-refractivity contribution in [3.05, 3.63) is 68.1 Å². The molecule has 1 nitrogen and oxygen atoms in total. The molecule has 0 aromatic heterocycles. The topological polar surface area (TPSA) is 20.2 Å². The Bertz CT molecular complexity index is 595. The molecule has 0 bridgehead atoms. The van der Waals surface area contributed by atoms with Crippen LogP contribution in [0.5, 0.6) is 0 Å². The van der Waals surface area contributed by atoms with Crippen molar-refractivity contribution in [3.8, 4) is 0 Å². The molecular formula is C16H16BrClO. The van der Waals surface area contributed by atoms with E-state index in [-0.39, 0.29) is 0 Å². The summed E-state index contributed by atoms with van der Waals surface area (Å²) >= 11 is 9.43. The lowest BCUT2D eigenvalue weighted by atomic mass is 9.98. The Kier molecular flexibility index (Phi) is 4.67. The van der Waals surface area contributed by atoms with Crippen molar-refractivity contribution in [3.63, 3.8) is 0 Å². The molecule has 0 aliphatic heterocycles. The average Bonchev–Trinajstić information content (AvgIpc) is 2.36. The predicted molar refractivity (Wildman–Crippen MR) is 83.7 cm³/mol. The lowest BCUT2D eigenvalue weighted by molar-refractivity contribution is 0.177. The highest BCUT2D eigenvalue weighted by atomic mass is 79.9. The van der Waals surface area contributed by atoms with Crippen molar-refractivity contribution in [2.75, 3.05) is 0 Å². The molecule has 2 rings (SSSR count). The van der Waals surface area contributed by atoms with E-state index in [1.54, 1.807) is 12.1 Å². The van der Waals surface area contributed by atoms with E-state index in [9.17, 15) is 5.11 Å². The highest BCUT2D eigenvalue weighted by molar-refractivity contribution is 9.10. The summed E-state index contributed by atoms with van der Waals surface area (Å²) in [7, 11) is 0. The zero-order chi connectivity index (χ0) is 14.0. The van der Waals surface area contributed by atoms with Crippen LogP contribution in [0.4, 0.5) is 0 Å². The van der Waals surface area contributed by atoms with E-state index in [0.29, 0.717) is 11.4 Å². The zero-order valence-corrected chi connectivity index (χ0v) is 13.3. The van der Waals surface area contributed by atoms with Crippen LogP contribution in [0, 0.1) is 13.8 Å². The molecule has 0 spiro atoms. The number of benzene rings is 2. The third-order valence-corrected chi connectivity index (χ3v) is 4.27. The van der Waals surface area contributed by atoms with Crippen LogP contribution in [0.3, 0.4) is 0 Å². The van der Waals surface area contributed by atoms with Crippen molar-refractivity contribution in [1.29, 1.82) is 0 Å². The molecule has 2 aromatic carbocycles. The maximum atomic E-state index is 10.4. The molecule has 0 saturated carbocycles. The van der Waals surface area contributed by atoms with Gasteiger partial charge in [0.05, 0.1) is 6.10 Å². The van der Waals surface area contributed by atoms with Crippen LogP contribution in [-0.4, -0.2) is 5.11 Å². The van der Waals surface area contributed by atoms with Gasteiger partial charge in [-0.25, -0.2) is 0 Å². The van der Waals surface area contributed by atoms with Crippen LogP contribution < -0.4 is 0 Å². The molecule has 1 atom stereocenters. The Labute approximate surface area is 127 Å². The fourth-order valence-electron chi connectivity index (χ4n) is 2.03. The van der Waals surface area contributed by atoms with Gasteiger partial charge < -0.3 is 5.11 Å². The predicted octanol–water partition coefficient (Wildman–Crippen LogP) is 5.00. The first-order chi connectivity index (χ1) is 8.97. The van der Waals surface area contributed by atoms with E-state index >= 15 is 0 Å². The summed E-state index contributed by atoms with van der Waals surface area (Å²) < 4.78 is 0.883. The number of hydrogen-bond acceptors (Lipinski definition) is 1. The third kappa shape index (κ3) is 3.59. The van der Waals surface area contributed by atoms with Gasteiger partial charge in [0.1, 0.15) is 0 Å². The van der Waals surface area contributed by atoms with Crippen LogP contribution in [0.15, 0.2) is 40.9 Å². The van der Waals surface area contributed by atoms with Gasteiger partial charge in [-0.3, -0.25) is 0 Å². The fourth-order valence-corrected chi connectivity index (χ4v) is 2.73. The van der Waals surface area contributed by atoms with Gasteiger partial charge in [0.15, 0.2) is 0 Å². The summed E-state index contributed by atoms with van der Waals surface area (Å²) in [6.45, 7) is 4.17. The largest absolute Gasteiger partial charge is 0.388 e. The van der Waals surface area contributed by atoms with E-state index in [0.717, 1.165) is 15.6 Å². The number of aryl methyl sites for hydroxylation is 2. The van der Waals surface area contributed by atoms with Gasteiger partial charge in [0, 0.05) is 15.9 Å². The first-order valence-corrected chi connectivity index (χ1v) is 7.33. The van der Waals surface area contributed by atoms with E-state index in [1.807, 2.05) is 6.07 Å². The van der Waals surface area contributed by atoms with Crippen molar-refractivity contribution >= 4 is 27.5 Å². The minimum Gasteiger partial charge on any atom is -0.388 e. The maximum absolute atomic E-state index is 10.4. The summed E-state index contributed by atoms with van der Waals surface area (Å²) in [6.07, 6.45) is 0.0234. The number of aliphatic hydroxyl groups excluding tert-OH is 1. The monoisotopic (exact) mass is 338 g/mol. The lowest BCUT2D eigenvalue weighted by Gasteiger charge is -2.14. The van der Waals surface area contributed by atoms with E-state index in [4.69, 9.17) is 11.6 Å². The van der Waals surface area contributed by atoms with Gasteiger partial charge in [0.2, 0.25) is 0 Å². The molecule has 3 heteroatoms. The molecule has 0 saturated heterocycles. The summed E-state index contributed by atoms with van der Waals surface area (Å²) in [5.41, 5.74) is 4.46. The highest BCUT2D eigenvalue weighted by Gasteiger charge is 2.13. The first kappa shape index (κ1) is 14.6. The molecule has 0 fully saturated rings. The Balaban J connectivity index is 2.22. The normalized spacial score (nSPS) is 12.5. The van der Waals surface area contributed by atoms with Gasteiger partial charge >= 0.3 is 0 Å². The second-order valence-corrected chi connectivity index (χ2v) is 6.10. The quantitative estimate of drug-likeness (QED) is 0.834. The molecule has 1 N–H and O–H groups in total. The summed E-state index contributed by atoms with van der Waals surface area (Å²) in [4.78, 5) is 0. The van der Waals surface area contributed by atoms with Crippen LogP contribution >= 0.6 is 27.5 Å². The number of rotatable bonds is 3. The van der Waals surface area contributed by atoms with E-state index in [1.165, 1.54) is 11.1 Å². The number of halogens is 2. The number of hydrogen-bond donors (Lipinski definition) is 1. The summed E-state index contributed by atoms with van der Waals surface area (Å²) in [6, 6.07) is 11.7. The Morgan fingerprint density at radius 1 is 1.11 bits per heavy atom. The molecule has 0 aliphatic rings. The minimum absolute atomic E-state index is 0.560. The van der Waals surface area contributed by atoms with Crippen molar-refractivity contribution in [1.82, 2.24) is 0 Å². The maximum Gasteiger partial charge on any atom is 0.0841 e. The molecule has 2 aromatic rings. The highest BCUT2D eigenvalue weighted by Crippen LogP contribution is 2.29. The van der Waals surface area contributed by atoms with Crippen molar-refractivity contribution in [2.45, 2.75) is 26.4 Å². The standard InChI is InChI=1S/C16H16BrClO/c1-10-3-4-12(7-11(10)2)8-16(19)14-9-13(18)5-6-15(14)17/h3-7,9,16,19H,8H2,1-2H3. The Morgan fingerprint density at radius 3 is 2.53 bits per heavy atom. The smallest absolute Gasteiger partial charge is 0.0841 e. The molecule has 100 valence electrons. The molecule has 1 unspecified atom stereocenters. The Morgan fingerprint density at radius 2 is 1.84 bits per heavy atom. The van der Waals surface area contributed by atoms with Crippen LogP contribution in [0.2, 0.25) is 5.02 Å². The van der Waals surface area contributed by atoms with Crippen molar-refractivity contribution in [2.24, 2.45) is 0 Å². The zero-order valence-electron chi connectivity index (χ0n) is 11.0. The molecule has 0 heterocycles. The molecular weight excluding hydrogens is 324 g/mol. The lowest BCUT2D eigenvalue weighted by Crippen LogP contribution is -2.03. The van der Waals surface area contributed by atoms with E-state index in [2.05, 4.69) is 48.0 Å². The fraction of sp³-hybridized carbons (Fsp3) is 0.250. The van der Waals surface area contributed by atoms with Gasteiger partial charge in [-0.1, -0.05) is 45.7 Å². The van der Waals surface area contributed by atoms with Gasteiger partial charge in [-0.15, -0.1) is 0 Å². The third-order valence-electron chi connectivity index (χ3n) is 3.32. The van der Waals surface area contributed by atoms with Crippen LogP contribution in [0.25, 0.3) is 0 Å². The minimum atomic E-state index is -0.560. The van der Waals surface area contributed by atoms with Crippen LogP contribution in [-0.2, 0) is 6.42 Å². The molecule has 0 radical (unpaired) electrons. The SMILES string of the molecule is Cc1ccc(CC(O)c2cc(Cl)ccc2Br)cc1C. The van der Waals surface area contributed by atoms with Gasteiger partial charge in [0.25, 0.3) is 0 Å². The van der Waals surface area contributed by atoms with Gasteiger partial charge in [-0.05, 0) is 54.3 Å². The summed E-state index contributed by atoms with van der Waals surface area (Å²) in [5, 5.41) is 11.0. The molecule has 0 aliphatic carbocycles. The van der Waals surface area contributed by atoms with Gasteiger partial charge in [-0.2, -0.15) is 0 Å². The average molecular weight is 340 g/mol. The van der Waals surface area contributed by atoms with E-state index < -0.39 is 6.10 Å². The molecule has 19 heavy (non-hydrogen) atoms. The second-order valence-electron chi connectivity index (χ2n) is 4.80. The number of aliphatic hydroxyl groups is 1. The second kappa shape index (κ2) is 6.08. The Hall–Kier alpha value is -0.830.